The van der Waals surface area contributed by atoms with Crippen molar-refractivity contribution in [2.75, 3.05) is 6.54 Å². The van der Waals surface area contributed by atoms with Crippen LogP contribution in [0, 0.1) is 10.1 Å². The third kappa shape index (κ3) is 1.79. The number of nitrogens with zero attached hydrogens (tertiary/aromatic N) is 1. The molecule has 1 heterocycles. The summed E-state index contributed by atoms with van der Waals surface area (Å²) in [4.78, 5) is 23.8. The second kappa shape index (κ2) is 4.14. The molecule has 2 rings (SSSR count). The smallest absolute Gasteiger partial charge is 0.207 e. The number of aromatic amines is 1. The van der Waals surface area contributed by atoms with Gasteiger partial charge in [0.05, 0.1) is 0 Å². The lowest BCUT2D eigenvalue weighted by molar-refractivity contribution is -0.479. The molecular weight excluding hydrogens is 208 g/mol. The molecule has 0 bridgehead atoms. The van der Waals surface area contributed by atoms with Gasteiger partial charge >= 0.3 is 0 Å². The molecule has 0 fully saturated rings. The Morgan fingerprint density at radius 1 is 1.44 bits per heavy atom. The zero-order valence-electron chi connectivity index (χ0n) is 8.47. The Bertz CT molecular complexity index is 545. The minimum Gasteiger partial charge on any atom is -0.361 e. The predicted octanol–water partition coefficient (Wildman–Crippen LogP) is 1.80. The number of carbonyl (C=O) groups excluding carboxylic acids is 1. The number of nitro groups is 1. The average molecular weight is 218 g/mol. The van der Waals surface area contributed by atoms with Gasteiger partial charge in [0.2, 0.25) is 6.54 Å². The maximum absolute atomic E-state index is 10.9. The van der Waals surface area contributed by atoms with E-state index in [1.165, 1.54) is 0 Å². The molecule has 5 heteroatoms. The van der Waals surface area contributed by atoms with Crippen LogP contribution in [0.25, 0.3) is 10.9 Å². The van der Waals surface area contributed by atoms with E-state index in [0.717, 1.165) is 22.8 Å². The highest BCUT2D eigenvalue weighted by Crippen LogP contribution is 2.21. The minimum absolute atomic E-state index is 0.125. The van der Waals surface area contributed by atoms with Gasteiger partial charge in [-0.05, 0) is 11.6 Å². The van der Waals surface area contributed by atoms with Crippen LogP contribution in [0.15, 0.2) is 24.4 Å². The summed E-state index contributed by atoms with van der Waals surface area (Å²) in [5.41, 5.74) is 2.22. The van der Waals surface area contributed by atoms with E-state index in [4.69, 9.17) is 0 Å². The molecule has 0 unspecified atom stereocenters. The Hall–Kier alpha value is -2.17. The Labute approximate surface area is 91.2 Å². The summed E-state index contributed by atoms with van der Waals surface area (Å²) in [6, 6.07) is 5.33. The van der Waals surface area contributed by atoms with Gasteiger partial charge in [-0.1, -0.05) is 12.1 Å². The van der Waals surface area contributed by atoms with Gasteiger partial charge in [0.1, 0.15) is 0 Å². The number of rotatable bonds is 4. The fourth-order valence-electron chi connectivity index (χ4n) is 1.79. The number of fused-ring (bicyclic) bond motifs is 1. The van der Waals surface area contributed by atoms with E-state index >= 15 is 0 Å². The fraction of sp³-hybridized carbons (Fsp3) is 0.182. The van der Waals surface area contributed by atoms with Gasteiger partial charge < -0.3 is 4.98 Å². The quantitative estimate of drug-likeness (QED) is 0.483. The first kappa shape index (κ1) is 10.4. The van der Waals surface area contributed by atoms with Gasteiger partial charge in [-0.2, -0.15) is 0 Å². The number of H-pyrrole nitrogens is 1. The van der Waals surface area contributed by atoms with E-state index < -0.39 is 0 Å². The zero-order chi connectivity index (χ0) is 11.5. The van der Waals surface area contributed by atoms with Crippen LogP contribution >= 0.6 is 0 Å². The SMILES string of the molecule is O=Cc1cccc2[nH]cc(CC[N+](=O)[O-])c12. The Morgan fingerprint density at radius 3 is 2.94 bits per heavy atom. The Balaban J connectivity index is 2.45. The summed E-state index contributed by atoms with van der Waals surface area (Å²) in [5, 5.41) is 11.1. The van der Waals surface area contributed by atoms with Crippen LogP contribution in [0.2, 0.25) is 0 Å². The molecule has 0 radical (unpaired) electrons. The summed E-state index contributed by atoms with van der Waals surface area (Å²) in [7, 11) is 0. The molecule has 1 aromatic heterocycles. The van der Waals surface area contributed by atoms with Crippen molar-refractivity contribution in [1.82, 2.24) is 4.98 Å². The topological polar surface area (TPSA) is 76.0 Å². The Kier molecular flexibility index (Phi) is 2.68. The van der Waals surface area contributed by atoms with Crippen LogP contribution in [0.1, 0.15) is 15.9 Å². The third-order valence-electron chi connectivity index (χ3n) is 2.51. The van der Waals surface area contributed by atoms with Gasteiger partial charge in [0.15, 0.2) is 6.29 Å². The number of hydrogen-bond acceptors (Lipinski definition) is 3. The molecule has 82 valence electrons. The van der Waals surface area contributed by atoms with Crippen LogP contribution in [-0.2, 0) is 6.42 Å². The van der Waals surface area contributed by atoms with Crippen LogP contribution in [-0.4, -0.2) is 22.7 Å². The van der Waals surface area contributed by atoms with Crippen molar-refractivity contribution in [1.29, 1.82) is 0 Å². The summed E-state index contributed by atoms with van der Waals surface area (Å²) < 4.78 is 0. The summed E-state index contributed by atoms with van der Waals surface area (Å²) in [6.45, 7) is -0.125. The maximum atomic E-state index is 10.9. The van der Waals surface area contributed by atoms with Crippen LogP contribution in [0.3, 0.4) is 0 Å². The molecule has 0 amide bonds. The fourth-order valence-corrected chi connectivity index (χ4v) is 1.79. The molecule has 5 nitrogen and oxygen atoms in total. The van der Waals surface area contributed by atoms with Gasteiger partial charge in [-0.25, -0.2) is 0 Å². The maximum Gasteiger partial charge on any atom is 0.207 e. The second-order valence-corrected chi connectivity index (χ2v) is 3.51. The standard InChI is InChI=1S/C11H10N2O3/c14-7-9-2-1-3-10-11(9)8(6-12-10)4-5-13(15)16/h1-3,6-7,12H,4-5H2. The molecule has 1 N–H and O–H groups in total. The van der Waals surface area contributed by atoms with E-state index in [1.807, 2.05) is 6.07 Å². The normalized spacial score (nSPS) is 10.5. The van der Waals surface area contributed by atoms with Crippen molar-refractivity contribution in [3.63, 3.8) is 0 Å². The monoisotopic (exact) mass is 218 g/mol. The highest BCUT2D eigenvalue weighted by atomic mass is 16.6. The van der Waals surface area contributed by atoms with E-state index in [2.05, 4.69) is 4.98 Å². The molecule has 2 aromatic rings. The number of hydrogen-bond donors (Lipinski definition) is 1. The molecule has 16 heavy (non-hydrogen) atoms. The summed E-state index contributed by atoms with van der Waals surface area (Å²) in [5.74, 6) is 0. The second-order valence-electron chi connectivity index (χ2n) is 3.51. The average Bonchev–Trinajstić information content (AvgIpc) is 2.69. The van der Waals surface area contributed by atoms with E-state index in [0.29, 0.717) is 12.0 Å². The van der Waals surface area contributed by atoms with E-state index in [1.54, 1.807) is 18.3 Å². The van der Waals surface area contributed by atoms with Gasteiger partial charge in [0.25, 0.3) is 0 Å². The summed E-state index contributed by atoms with van der Waals surface area (Å²) in [6.07, 6.45) is 2.82. The van der Waals surface area contributed by atoms with E-state index in [9.17, 15) is 14.9 Å². The van der Waals surface area contributed by atoms with Crippen molar-refractivity contribution in [2.45, 2.75) is 6.42 Å². The molecule has 0 aliphatic carbocycles. The molecule has 0 saturated carbocycles. The molecule has 0 saturated heterocycles. The lowest BCUT2D eigenvalue weighted by Gasteiger charge is -1.98. The first-order valence-corrected chi connectivity index (χ1v) is 4.88. The molecule has 0 spiro atoms. The van der Waals surface area contributed by atoms with Crippen molar-refractivity contribution in [3.8, 4) is 0 Å². The number of aromatic nitrogens is 1. The third-order valence-corrected chi connectivity index (χ3v) is 2.51. The van der Waals surface area contributed by atoms with Gasteiger partial charge in [0, 0.05) is 34.0 Å². The molecule has 0 aliphatic heterocycles. The molecular formula is C11H10N2O3. The lowest BCUT2D eigenvalue weighted by Crippen LogP contribution is -2.03. The van der Waals surface area contributed by atoms with Crippen molar-refractivity contribution in [2.24, 2.45) is 0 Å². The minimum atomic E-state index is -0.359. The lowest BCUT2D eigenvalue weighted by atomic mass is 10.1. The molecule has 1 aromatic carbocycles. The Morgan fingerprint density at radius 2 is 2.25 bits per heavy atom. The highest BCUT2D eigenvalue weighted by molar-refractivity contribution is 5.98. The van der Waals surface area contributed by atoms with Crippen molar-refractivity contribution >= 4 is 17.2 Å². The largest absolute Gasteiger partial charge is 0.361 e. The van der Waals surface area contributed by atoms with Crippen LogP contribution < -0.4 is 0 Å². The highest BCUT2D eigenvalue weighted by Gasteiger charge is 2.09. The van der Waals surface area contributed by atoms with Gasteiger partial charge in [-0.3, -0.25) is 14.9 Å². The number of carbonyl (C=O) groups is 1. The van der Waals surface area contributed by atoms with Crippen molar-refractivity contribution < 1.29 is 9.72 Å². The zero-order valence-corrected chi connectivity index (χ0v) is 8.47. The summed E-state index contributed by atoms with van der Waals surface area (Å²) >= 11 is 0. The van der Waals surface area contributed by atoms with Crippen LogP contribution in [0.4, 0.5) is 0 Å². The number of nitrogens with one attached hydrogen (secondary N) is 1. The first-order valence-electron chi connectivity index (χ1n) is 4.88. The van der Waals surface area contributed by atoms with Gasteiger partial charge in [-0.15, -0.1) is 0 Å². The molecule has 0 aliphatic rings. The van der Waals surface area contributed by atoms with Crippen molar-refractivity contribution in [3.05, 3.63) is 45.6 Å². The predicted molar refractivity (Wildman–Crippen MR) is 59.3 cm³/mol. The van der Waals surface area contributed by atoms with E-state index in [-0.39, 0.29) is 11.5 Å². The van der Waals surface area contributed by atoms with Crippen LogP contribution in [0.5, 0.6) is 0 Å². The first-order chi connectivity index (χ1) is 7.72. The number of benzene rings is 1. The number of aldehydes is 1. The molecule has 0 atom stereocenters.